The summed E-state index contributed by atoms with van der Waals surface area (Å²) in [6, 6.07) is 0.473. The molecule has 1 saturated carbocycles. The first kappa shape index (κ1) is 10.7. The van der Waals surface area contributed by atoms with Crippen LogP contribution in [-0.2, 0) is 4.79 Å². The van der Waals surface area contributed by atoms with E-state index in [1.165, 1.54) is 0 Å². The molecular formula is C10H20N2O. The summed E-state index contributed by atoms with van der Waals surface area (Å²) in [6.45, 7) is 0.846. The van der Waals surface area contributed by atoms with Crippen LogP contribution in [0.1, 0.15) is 19.3 Å². The maximum atomic E-state index is 11.6. The van der Waals surface area contributed by atoms with Gasteiger partial charge in [-0.3, -0.25) is 4.79 Å². The zero-order chi connectivity index (χ0) is 9.84. The minimum Gasteiger partial charge on any atom is -0.319 e. The second-order valence-corrected chi connectivity index (χ2v) is 4.12. The van der Waals surface area contributed by atoms with Crippen molar-refractivity contribution in [2.45, 2.75) is 25.3 Å². The Hall–Kier alpha value is -0.410. The van der Waals surface area contributed by atoms with Gasteiger partial charge in [0.2, 0.25) is 0 Å². The summed E-state index contributed by atoms with van der Waals surface area (Å²) in [5, 5.41) is 3.08. The lowest BCUT2D eigenvalue weighted by atomic mass is 9.84. The third kappa shape index (κ3) is 2.78. The summed E-state index contributed by atoms with van der Waals surface area (Å²) in [6.07, 6.45) is 2.94. The summed E-state index contributed by atoms with van der Waals surface area (Å²) in [4.78, 5) is 13.8. The first-order valence-electron chi connectivity index (χ1n) is 4.99. The predicted octanol–water partition coefficient (Wildman–Crippen LogP) is 0.505. The molecule has 3 nitrogen and oxygen atoms in total. The molecule has 1 aliphatic carbocycles. The smallest absolute Gasteiger partial charge is 0.138 e. The monoisotopic (exact) mass is 184 g/mol. The van der Waals surface area contributed by atoms with Crippen LogP contribution < -0.4 is 5.32 Å². The van der Waals surface area contributed by atoms with Gasteiger partial charge in [-0.1, -0.05) is 0 Å². The van der Waals surface area contributed by atoms with Crippen LogP contribution in [0, 0.1) is 5.92 Å². The molecule has 0 heterocycles. The van der Waals surface area contributed by atoms with Crippen molar-refractivity contribution < 1.29 is 4.79 Å². The van der Waals surface area contributed by atoms with Gasteiger partial charge in [0, 0.05) is 24.9 Å². The molecule has 1 fully saturated rings. The van der Waals surface area contributed by atoms with Gasteiger partial charge in [-0.05, 0) is 34.0 Å². The van der Waals surface area contributed by atoms with Crippen molar-refractivity contribution in [2.75, 3.05) is 27.7 Å². The second kappa shape index (κ2) is 4.72. The molecule has 0 aliphatic heterocycles. The Morgan fingerprint density at radius 1 is 1.46 bits per heavy atom. The molecule has 1 N–H and O–H groups in total. The summed E-state index contributed by atoms with van der Waals surface area (Å²) in [5.41, 5.74) is 0. The number of Topliss-reactive ketones (excluding diaryl/α,β-unsaturated/α-hetero) is 1. The Morgan fingerprint density at radius 3 is 2.62 bits per heavy atom. The van der Waals surface area contributed by atoms with E-state index < -0.39 is 0 Å². The largest absolute Gasteiger partial charge is 0.319 e. The highest BCUT2D eigenvalue weighted by molar-refractivity contribution is 5.82. The lowest BCUT2D eigenvalue weighted by Gasteiger charge is -2.31. The van der Waals surface area contributed by atoms with Crippen molar-refractivity contribution in [3.8, 4) is 0 Å². The van der Waals surface area contributed by atoms with Crippen LogP contribution in [0.2, 0.25) is 0 Å². The van der Waals surface area contributed by atoms with E-state index >= 15 is 0 Å². The maximum absolute atomic E-state index is 11.6. The molecule has 0 aromatic rings. The zero-order valence-corrected chi connectivity index (χ0v) is 8.84. The molecule has 3 heteroatoms. The Kier molecular flexibility index (Phi) is 3.88. The maximum Gasteiger partial charge on any atom is 0.138 e. The molecule has 2 unspecified atom stereocenters. The number of carbonyl (C=O) groups excluding carboxylic acids is 1. The minimum absolute atomic E-state index is 0.265. The molecule has 0 aromatic heterocycles. The number of nitrogens with zero attached hydrogens (tertiary/aromatic N) is 1. The fraction of sp³-hybridized carbons (Fsp3) is 0.900. The Bertz CT molecular complexity index is 180. The van der Waals surface area contributed by atoms with Crippen molar-refractivity contribution in [1.82, 2.24) is 10.2 Å². The SMILES string of the molecule is CNCC1CCC(N(C)C)CC1=O. The molecule has 1 aliphatic rings. The molecule has 76 valence electrons. The first-order valence-corrected chi connectivity index (χ1v) is 4.99. The summed E-state index contributed by atoms with van der Waals surface area (Å²) in [7, 11) is 6.01. The van der Waals surface area contributed by atoms with Crippen LogP contribution in [0.4, 0.5) is 0 Å². The number of rotatable bonds is 3. The lowest BCUT2D eigenvalue weighted by molar-refractivity contribution is -0.126. The van der Waals surface area contributed by atoms with Crippen LogP contribution in [0.5, 0.6) is 0 Å². The molecule has 0 spiro atoms. The topological polar surface area (TPSA) is 32.3 Å². The lowest BCUT2D eigenvalue weighted by Crippen LogP contribution is -2.39. The van der Waals surface area contributed by atoms with Crippen molar-refractivity contribution >= 4 is 5.78 Å². The Morgan fingerprint density at radius 2 is 2.15 bits per heavy atom. The van der Waals surface area contributed by atoms with Crippen LogP contribution in [0.3, 0.4) is 0 Å². The second-order valence-electron chi connectivity index (χ2n) is 4.12. The molecule has 13 heavy (non-hydrogen) atoms. The summed E-state index contributed by atoms with van der Waals surface area (Å²) >= 11 is 0. The number of nitrogens with one attached hydrogen (secondary N) is 1. The molecule has 0 saturated heterocycles. The van der Waals surface area contributed by atoms with Crippen molar-refractivity contribution in [3.63, 3.8) is 0 Å². The average Bonchev–Trinajstić information content (AvgIpc) is 2.08. The van der Waals surface area contributed by atoms with Crippen molar-refractivity contribution in [3.05, 3.63) is 0 Å². The number of hydrogen-bond acceptors (Lipinski definition) is 3. The van der Waals surface area contributed by atoms with E-state index in [1.807, 2.05) is 7.05 Å². The fourth-order valence-electron chi connectivity index (χ4n) is 1.96. The van der Waals surface area contributed by atoms with Gasteiger partial charge >= 0.3 is 0 Å². The number of hydrogen-bond donors (Lipinski definition) is 1. The highest BCUT2D eigenvalue weighted by Crippen LogP contribution is 2.22. The van der Waals surface area contributed by atoms with Crippen LogP contribution >= 0.6 is 0 Å². The van der Waals surface area contributed by atoms with Gasteiger partial charge in [0.1, 0.15) is 5.78 Å². The third-order valence-corrected chi connectivity index (χ3v) is 2.92. The van der Waals surface area contributed by atoms with E-state index in [0.717, 1.165) is 25.8 Å². The Balaban J connectivity index is 2.42. The highest BCUT2D eigenvalue weighted by atomic mass is 16.1. The first-order chi connectivity index (χ1) is 6.15. The van der Waals surface area contributed by atoms with Gasteiger partial charge in [0.15, 0.2) is 0 Å². The molecule has 0 radical (unpaired) electrons. The van der Waals surface area contributed by atoms with Crippen LogP contribution in [0.15, 0.2) is 0 Å². The number of ketones is 1. The molecule has 1 rings (SSSR count). The normalized spacial score (nSPS) is 29.7. The standard InChI is InChI=1S/C10H20N2O/c1-11-7-8-4-5-9(12(2)3)6-10(8)13/h8-9,11H,4-7H2,1-3H3. The van der Waals surface area contributed by atoms with E-state index in [0.29, 0.717) is 11.8 Å². The molecule has 0 aromatic carbocycles. The quantitative estimate of drug-likeness (QED) is 0.693. The molecule has 0 bridgehead atoms. The van der Waals surface area contributed by atoms with Gasteiger partial charge in [-0.2, -0.15) is 0 Å². The predicted molar refractivity (Wildman–Crippen MR) is 53.7 cm³/mol. The fourth-order valence-corrected chi connectivity index (χ4v) is 1.96. The van der Waals surface area contributed by atoms with Crippen LogP contribution in [-0.4, -0.2) is 44.4 Å². The van der Waals surface area contributed by atoms with Gasteiger partial charge < -0.3 is 10.2 Å². The van der Waals surface area contributed by atoms with Crippen LogP contribution in [0.25, 0.3) is 0 Å². The van der Waals surface area contributed by atoms with E-state index in [9.17, 15) is 4.79 Å². The van der Waals surface area contributed by atoms with Gasteiger partial charge in [-0.15, -0.1) is 0 Å². The highest BCUT2D eigenvalue weighted by Gasteiger charge is 2.28. The summed E-state index contributed by atoms with van der Waals surface area (Å²) < 4.78 is 0. The van der Waals surface area contributed by atoms with E-state index in [4.69, 9.17) is 0 Å². The van der Waals surface area contributed by atoms with Gasteiger partial charge in [0.25, 0.3) is 0 Å². The molecule has 2 atom stereocenters. The van der Waals surface area contributed by atoms with Crippen molar-refractivity contribution in [1.29, 1.82) is 0 Å². The van der Waals surface area contributed by atoms with Gasteiger partial charge in [0.05, 0.1) is 0 Å². The molecular weight excluding hydrogens is 164 g/mol. The van der Waals surface area contributed by atoms with Gasteiger partial charge in [-0.25, -0.2) is 0 Å². The number of carbonyl (C=O) groups is 1. The Labute approximate surface area is 80.5 Å². The minimum atomic E-state index is 0.265. The van der Waals surface area contributed by atoms with E-state index in [2.05, 4.69) is 24.3 Å². The molecule has 0 amide bonds. The summed E-state index contributed by atoms with van der Waals surface area (Å²) in [5.74, 6) is 0.695. The zero-order valence-electron chi connectivity index (χ0n) is 8.84. The van der Waals surface area contributed by atoms with E-state index in [-0.39, 0.29) is 5.92 Å². The average molecular weight is 184 g/mol. The third-order valence-electron chi connectivity index (χ3n) is 2.92. The van der Waals surface area contributed by atoms with E-state index in [1.54, 1.807) is 0 Å². The van der Waals surface area contributed by atoms with Crippen molar-refractivity contribution in [2.24, 2.45) is 5.92 Å².